The van der Waals surface area contributed by atoms with Crippen LogP contribution in [-0.2, 0) is 9.53 Å². The van der Waals surface area contributed by atoms with Crippen molar-refractivity contribution in [1.82, 2.24) is 10.3 Å². The lowest BCUT2D eigenvalue weighted by molar-refractivity contribution is -0.154. The van der Waals surface area contributed by atoms with Crippen LogP contribution < -0.4 is 14.8 Å². The van der Waals surface area contributed by atoms with Crippen molar-refractivity contribution < 1.29 is 24.1 Å². The minimum absolute atomic E-state index is 0.0837. The van der Waals surface area contributed by atoms with Crippen LogP contribution in [0.2, 0.25) is 5.02 Å². The van der Waals surface area contributed by atoms with Crippen LogP contribution in [0.3, 0.4) is 0 Å². The fourth-order valence-corrected chi connectivity index (χ4v) is 3.70. The second-order valence-corrected chi connectivity index (χ2v) is 8.24. The molecule has 7 nitrogen and oxygen atoms in total. The monoisotopic (exact) mass is 500 g/mol. The van der Waals surface area contributed by atoms with Crippen LogP contribution in [0.4, 0.5) is 0 Å². The molecule has 0 fully saturated rings. The van der Waals surface area contributed by atoms with Gasteiger partial charge in [-0.05, 0) is 31.5 Å². The molecule has 0 unspecified atom stereocenters. The maximum Gasteiger partial charge on any atom is 0.328 e. The van der Waals surface area contributed by atoms with Gasteiger partial charge in [-0.1, -0.05) is 66.3 Å². The van der Waals surface area contributed by atoms with Crippen molar-refractivity contribution in [3.63, 3.8) is 0 Å². The highest BCUT2D eigenvalue weighted by molar-refractivity contribution is 7.80. The zero-order valence-corrected chi connectivity index (χ0v) is 20.5. The molecule has 3 atom stereocenters. The molecule has 0 saturated carbocycles. The van der Waals surface area contributed by atoms with Gasteiger partial charge in [0, 0.05) is 12.3 Å². The van der Waals surface area contributed by atoms with E-state index in [9.17, 15) is 9.90 Å². The summed E-state index contributed by atoms with van der Waals surface area (Å²) in [7, 11) is 1.42. The van der Waals surface area contributed by atoms with Crippen molar-refractivity contribution >= 4 is 34.8 Å². The average Bonchev–Trinajstić information content (AvgIpc) is 2.84. The number of pyridine rings is 1. The Balaban J connectivity index is 1.72. The lowest BCUT2D eigenvalue weighted by atomic mass is 10.0. The number of carbonyl (C=O) groups excluding carboxylic acids is 1. The van der Waals surface area contributed by atoms with Crippen LogP contribution in [-0.4, -0.2) is 40.3 Å². The summed E-state index contributed by atoms with van der Waals surface area (Å²) >= 11 is 11.6. The number of hydrogen-bond acceptors (Lipinski definition) is 7. The molecular weight excluding hydrogens is 476 g/mol. The maximum absolute atomic E-state index is 12.8. The Hall–Kier alpha value is -3.36. The first-order valence-corrected chi connectivity index (χ1v) is 11.3. The van der Waals surface area contributed by atoms with E-state index in [1.807, 2.05) is 36.4 Å². The molecule has 0 bridgehead atoms. The van der Waals surface area contributed by atoms with Gasteiger partial charge in [0.25, 0.3) is 0 Å². The summed E-state index contributed by atoms with van der Waals surface area (Å²) in [6, 6.07) is 17.2. The van der Waals surface area contributed by atoms with Gasteiger partial charge in [-0.25, -0.2) is 9.78 Å². The largest absolute Gasteiger partial charge is 0.503 e. The van der Waals surface area contributed by atoms with E-state index in [2.05, 4.69) is 10.3 Å². The number of aromatic hydroxyl groups is 1. The Morgan fingerprint density at radius 1 is 1.06 bits per heavy atom. The van der Waals surface area contributed by atoms with E-state index >= 15 is 0 Å². The van der Waals surface area contributed by atoms with Crippen molar-refractivity contribution in [3.8, 4) is 17.2 Å². The molecule has 3 rings (SSSR count). The molecule has 0 aliphatic heterocycles. The minimum atomic E-state index is -0.820. The molecule has 0 spiro atoms. The highest BCUT2D eigenvalue weighted by Crippen LogP contribution is 2.32. The van der Waals surface area contributed by atoms with Crippen molar-refractivity contribution in [2.75, 3.05) is 7.11 Å². The quantitative estimate of drug-likeness (QED) is 0.318. The predicted octanol–water partition coefficient (Wildman–Crippen LogP) is 4.85. The van der Waals surface area contributed by atoms with Gasteiger partial charge >= 0.3 is 5.97 Å². The number of nitrogens with zero attached hydrogens (tertiary/aromatic N) is 1. The van der Waals surface area contributed by atoms with E-state index in [4.69, 9.17) is 38.0 Å². The van der Waals surface area contributed by atoms with Crippen molar-refractivity contribution in [3.05, 3.63) is 83.1 Å². The number of nitrogens with one attached hydrogen (secondary N) is 1. The fourth-order valence-electron chi connectivity index (χ4n) is 3.19. The lowest BCUT2D eigenvalue weighted by Gasteiger charge is -2.27. The van der Waals surface area contributed by atoms with E-state index in [1.165, 1.54) is 19.4 Å². The summed E-state index contributed by atoms with van der Waals surface area (Å²) in [6.07, 6.45) is 0.185. The smallest absolute Gasteiger partial charge is 0.328 e. The zero-order valence-electron chi connectivity index (χ0n) is 18.9. The van der Waals surface area contributed by atoms with Crippen LogP contribution in [0.25, 0.3) is 0 Å². The van der Waals surface area contributed by atoms with E-state index in [0.717, 1.165) is 5.56 Å². The summed E-state index contributed by atoms with van der Waals surface area (Å²) in [5, 5.41) is 13.6. The van der Waals surface area contributed by atoms with Crippen molar-refractivity contribution in [2.24, 2.45) is 0 Å². The molecule has 2 N–H and O–H groups in total. The lowest BCUT2D eigenvalue weighted by Crippen LogP contribution is -2.41. The van der Waals surface area contributed by atoms with Gasteiger partial charge in [-0.15, -0.1) is 0 Å². The van der Waals surface area contributed by atoms with E-state index in [1.54, 1.807) is 32.0 Å². The fraction of sp³-hybridized carbons (Fsp3) is 0.240. The Morgan fingerprint density at radius 2 is 1.74 bits per heavy atom. The molecule has 0 saturated heterocycles. The Labute approximate surface area is 208 Å². The molecule has 9 heteroatoms. The first kappa shape index (κ1) is 25.3. The number of hydrogen-bond donors (Lipinski definition) is 2. The molecule has 3 aromatic rings. The zero-order chi connectivity index (χ0) is 24.7. The first-order valence-electron chi connectivity index (χ1n) is 10.5. The number of aromatic nitrogens is 1. The second kappa shape index (κ2) is 11.7. The number of benzene rings is 2. The summed E-state index contributed by atoms with van der Waals surface area (Å²) in [6.45, 7) is 3.35. The van der Waals surface area contributed by atoms with E-state index in [-0.39, 0.29) is 22.2 Å². The van der Waals surface area contributed by atoms with Gasteiger partial charge in [0.15, 0.2) is 17.6 Å². The third kappa shape index (κ3) is 6.15. The topological polar surface area (TPSA) is 89.9 Å². The molecule has 34 heavy (non-hydrogen) atoms. The normalized spacial score (nSPS) is 13.3. The van der Waals surface area contributed by atoms with Crippen LogP contribution in [0.15, 0.2) is 66.9 Å². The summed E-state index contributed by atoms with van der Waals surface area (Å²) in [5.74, 6) is -0.0667. The molecule has 0 radical (unpaired) electrons. The molecule has 0 aliphatic rings. The molecule has 1 heterocycles. The molecule has 1 aromatic heterocycles. The first-order chi connectivity index (χ1) is 16.3. The summed E-state index contributed by atoms with van der Waals surface area (Å²) in [4.78, 5) is 17.0. The van der Waals surface area contributed by atoms with Crippen LogP contribution in [0, 0.1) is 0 Å². The van der Waals surface area contributed by atoms with Gasteiger partial charge in [-0.2, -0.15) is 0 Å². The Morgan fingerprint density at radius 3 is 2.41 bits per heavy atom. The van der Waals surface area contributed by atoms with Crippen LogP contribution in [0.1, 0.15) is 31.2 Å². The van der Waals surface area contributed by atoms with E-state index < -0.39 is 24.2 Å². The van der Waals surface area contributed by atoms with Crippen LogP contribution in [0.5, 0.6) is 17.2 Å². The molecule has 178 valence electrons. The molecule has 0 amide bonds. The maximum atomic E-state index is 12.8. The van der Waals surface area contributed by atoms with Gasteiger partial charge in [-0.3, -0.25) is 0 Å². The standard InChI is InChI=1S/C25H25ClN2O5S/c1-15(28-24(34)21-22(29)20(31-3)13-14-27-21)25(30)32-16(2)23(17-9-5-4-6-10-17)33-19-12-8-7-11-18(19)26/h4-16,23,29H,1-3H3,(H,28,34)/t15-,16-,23-/m0/s1. The van der Waals surface area contributed by atoms with Crippen molar-refractivity contribution in [1.29, 1.82) is 0 Å². The molecular formula is C25H25ClN2O5S. The number of methoxy groups -OCH3 is 1. The van der Waals surface area contributed by atoms with Crippen LogP contribution >= 0.6 is 23.8 Å². The highest BCUT2D eigenvalue weighted by atomic mass is 35.5. The number of para-hydroxylation sites is 1. The number of carbonyl (C=O) groups is 1. The van der Waals surface area contributed by atoms with Gasteiger partial charge in [0.1, 0.15) is 28.6 Å². The number of halogens is 1. The summed E-state index contributed by atoms with van der Waals surface area (Å²) in [5.41, 5.74) is 0.926. The second-order valence-electron chi connectivity index (χ2n) is 7.43. The Kier molecular flexibility index (Phi) is 8.67. The number of ether oxygens (including phenoxy) is 3. The number of esters is 1. The SMILES string of the molecule is COc1ccnc(C(=S)N[C@@H](C)C(=O)O[C@@H](C)[C@H](Oc2ccccc2Cl)c2ccccc2)c1O. The van der Waals surface area contributed by atoms with Gasteiger partial charge < -0.3 is 24.6 Å². The van der Waals surface area contributed by atoms with Gasteiger partial charge in [0.2, 0.25) is 0 Å². The van der Waals surface area contributed by atoms with Crippen molar-refractivity contribution in [2.45, 2.75) is 32.1 Å². The third-order valence-corrected chi connectivity index (χ3v) is 5.59. The highest BCUT2D eigenvalue weighted by Gasteiger charge is 2.28. The molecule has 2 aromatic carbocycles. The molecule has 0 aliphatic carbocycles. The Bertz CT molecular complexity index is 1150. The van der Waals surface area contributed by atoms with Gasteiger partial charge in [0.05, 0.1) is 12.1 Å². The number of thiocarbonyl (C=S) groups is 1. The predicted molar refractivity (Wildman–Crippen MR) is 134 cm³/mol. The minimum Gasteiger partial charge on any atom is -0.503 e. The average molecular weight is 501 g/mol. The third-order valence-electron chi connectivity index (χ3n) is 4.97. The van der Waals surface area contributed by atoms with E-state index in [0.29, 0.717) is 10.8 Å². The summed E-state index contributed by atoms with van der Waals surface area (Å²) < 4.78 is 16.9. The number of rotatable bonds is 9.